The molecule has 2 rings (SSSR count). The molecule has 1 heterocycles. The Bertz CT molecular complexity index is 482. The lowest BCUT2D eigenvalue weighted by atomic mass is 9.96. The van der Waals surface area contributed by atoms with Gasteiger partial charge in [0.15, 0.2) is 0 Å². The van der Waals surface area contributed by atoms with E-state index in [9.17, 15) is 8.42 Å². The van der Waals surface area contributed by atoms with Crippen LogP contribution in [0.1, 0.15) is 16.7 Å². The monoisotopic (exact) mass is 260 g/mol. The molecule has 0 atom stereocenters. The molecule has 0 N–H and O–H groups in total. The highest BCUT2D eigenvalue weighted by Gasteiger charge is 2.14. The molecule has 1 aromatic rings. The van der Waals surface area contributed by atoms with E-state index >= 15 is 0 Å². The maximum Gasteiger partial charge on any atom is 0.232 e. The van der Waals surface area contributed by atoms with Crippen LogP contribution in [0.4, 0.5) is 0 Å². The number of rotatable bonds is 3. The van der Waals surface area contributed by atoms with Crippen molar-refractivity contribution in [2.75, 3.05) is 12.4 Å². The molecule has 0 bridgehead atoms. The van der Waals surface area contributed by atoms with Gasteiger partial charge in [0.1, 0.15) is 0 Å². The van der Waals surface area contributed by atoms with Gasteiger partial charge >= 0.3 is 0 Å². The number of benzene rings is 1. The quantitative estimate of drug-likeness (QED) is 0.780. The minimum atomic E-state index is -3.41. The van der Waals surface area contributed by atoms with E-state index in [1.165, 1.54) is 5.56 Å². The maximum absolute atomic E-state index is 10.9. The largest absolute Gasteiger partial charge is 0.376 e. The molecule has 3 nitrogen and oxygen atoms in total. The van der Waals surface area contributed by atoms with Gasteiger partial charge in [-0.3, -0.25) is 0 Å². The molecule has 0 fully saturated rings. The van der Waals surface area contributed by atoms with Gasteiger partial charge in [-0.15, -0.1) is 0 Å². The highest BCUT2D eigenvalue weighted by Crippen LogP contribution is 2.21. The van der Waals surface area contributed by atoms with Crippen molar-refractivity contribution >= 4 is 19.7 Å². The van der Waals surface area contributed by atoms with Gasteiger partial charge in [0, 0.05) is 10.7 Å². The van der Waals surface area contributed by atoms with Crippen LogP contribution in [0.5, 0.6) is 0 Å². The van der Waals surface area contributed by atoms with Gasteiger partial charge in [0.05, 0.1) is 19.0 Å². The SMILES string of the molecule is O=S(=O)(Cl)CCc1cccc2c1CCOC2. The Morgan fingerprint density at radius 3 is 2.94 bits per heavy atom. The first kappa shape index (κ1) is 11.9. The zero-order valence-electron chi connectivity index (χ0n) is 8.78. The standard InChI is InChI=1S/C11H13ClO3S/c12-16(13,14)7-5-9-2-1-3-10-8-15-6-4-11(9)10/h1-3H,4-8H2. The second-order valence-corrected chi connectivity index (χ2v) is 6.75. The molecule has 0 amide bonds. The molecule has 1 aliphatic rings. The van der Waals surface area contributed by atoms with Crippen LogP contribution in [0.25, 0.3) is 0 Å². The molecule has 0 radical (unpaired) electrons. The van der Waals surface area contributed by atoms with Crippen LogP contribution in [-0.2, 0) is 33.2 Å². The van der Waals surface area contributed by atoms with E-state index < -0.39 is 9.05 Å². The Morgan fingerprint density at radius 1 is 1.38 bits per heavy atom. The molecule has 88 valence electrons. The second kappa shape index (κ2) is 4.73. The van der Waals surface area contributed by atoms with Crippen molar-refractivity contribution in [2.24, 2.45) is 0 Å². The van der Waals surface area contributed by atoms with Crippen molar-refractivity contribution in [1.29, 1.82) is 0 Å². The summed E-state index contributed by atoms with van der Waals surface area (Å²) in [6.45, 7) is 1.33. The zero-order chi connectivity index (χ0) is 11.6. The lowest BCUT2D eigenvalue weighted by Crippen LogP contribution is -2.13. The normalized spacial score (nSPS) is 15.8. The van der Waals surface area contributed by atoms with Crippen LogP contribution >= 0.6 is 10.7 Å². The summed E-state index contributed by atoms with van der Waals surface area (Å²) < 4.78 is 27.2. The van der Waals surface area contributed by atoms with Gasteiger partial charge in [-0.1, -0.05) is 18.2 Å². The average molecular weight is 261 g/mol. The summed E-state index contributed by atoms with van der Waals surface area (Å²) in [6.07, 6.45) is 1.34. The first-order valence-corrected chi connectivity index (χ1v) is 7.64. The number of ether oxygens (including phenoxy) is 1. The lowest BCUT2D eigenvalue weighted by Gasteiger charge is -2.19. The van der Waals surface area contributed by atoms with E-state index in [2.05, 4.69) is 0 Å². The van der Waals surface area contributed by atoms with E-state index in [0.29, 0.717) is 19.6 Å². The number of aryl methyl sites for hydroxylation is 1. The summed E-state index contributed by atoms with van der Waals surface area (Å²) in [6, 6.07) is 5.92. The predicted molar refractivity (Wildman–Crippen MR) is 63.1 cm³/mol. The highest BCUT2D eigenvalue weighted by atomic mass is 35.7. The first-order chi connectivity index (χ1) is 7.56. The van der Waals surface area contributed by atoms with Crippen molar-refractivity contribution in [2.45, 2.75) is 19.4 Å². The van der Waals surface area contributed by atoms with Crippen LogP contribution in [0.2, 0.25) is 0 Å². The molecule has 5 heteroatoms. The maximum atomic E-state index is 10.9. The molecular formula is C11H13ClO3S. The molecule has 1 aliphatic heterocycles. The fourth-order valence-corrected chi connectivity index (χ4v) is 2.66. The molecule has 16 heavy (non-hydrogen) atoms. The predicted octanol–water partition coefficient (Wildman–Crippen LogP) is 1.87. The van der Waals surface area contributed by atoms with Crippen LogP contribution in [0.15, 0.2) is 18.2 Å². The molecule has 1 aromatic carbocycles. The summed E-state index contributed by atoms with van der Waals surface area (Å²) in [7, 11) is 1.81. The smallest absolute Gasteiger partial charge is 0.232 e. The Balaban J connectivity index is 2.21. The van der Waals surface area contributed by atoms with Gasteiger partial charge in [-0.25, -0.2) is 8.42 Å². The lowest BCUT2D eigenvalue weighted by molar-refractivity contribution is 0.110. The van der Waals surface area contributed by atoms with Gasteiger partial charge in [-0.05, 0) is 29.5 Å². The molecule has 0 spiro atoms. The number of hydrogen-bond donors (Lipinski definition) is 0. The van der Waals surface area contributed by atoms with Gasteiger partial charge in [-0.2, -0.15) is 0 Å². The van der Waals surface area contributed by atoms with E-state index in [1.807, 2.05) is 18.2 Å². The fourth-order valence-electron chi connectivity index (χ4n) is 1.97. The van der Waals surface area contributed by atoms with Crippen molar-refractivity contribution in [1.82, 2.24) is 0 Å². The van der Waals surface area contributed by atoms with Crippen molar-refractivity contribution < 1.29 is 13.2 Å². The van der Waals surface area contributed by atoms with E-state index in [-0.39, 0.29) is 5.75 Å². The molecule has 0 aromatic heterocycles. The Kier molecular flexibility index (Phi) is 3.52. The summed E-state index contributed by atoms with van der Waals surface area (Å²) in [5, 5.41) is 0. The number of halogens is 1. The number of fused-ring (bicyclic) bond motifs is 1. The van der Waals surface area contributed by atoms with Crippen LogP contribution in [0.3, 0.4) is 0 Å². The minimum Gasteiger partial charge on any atom is -0.376 e. The van der Waals surface area contributed by atoms with Crippen LogP contribution in [-0.4, -0.2) is 20.8 Å². The van der Waals surface area contributed by atoms with E-state index in [1.54, 1.807) is 0 Å². The van der Waals surface area contributed by atoms with Gasteiger partial charge in [0.25, 0.3) is 0 Å². The summed E-state index contributed by atoms with van der Waals surface area (Å²) in [5.41, 5.74) is 3.47. The Morgan fingerprint density at radius 2 is 2.19 bits per heavy atom. The first-order valence-electron chi connectivity index (χ1n) is 5.16. The van der Waals surface area contributed by atoms with Crippen molar-refractivity contribution in [3.05, 3.63) is 34.9 Å². The summed E-state index contributed by atoms with van der Waals surface area (Å²) >= 11 is 0. The van der Waals surface area contributed by atoms with Crippen molar-refractivity contribution in [3.63, 3.8) is 0 Å². The molecule has 0 saturated carbocycles. The summed E-state index contributed by atoms with van der Waals surface area (Å²) in [4.78, 5) is 0. The fraction of sp³-hybridized carbons (Fsp3) is 0.455. The minimum absolute atomic E-state index is 0.00807. The van der Waals surface area contributed by atoms with Gasteiger partial charge in [0.2, 0.25) is 9.05 Å². The van der Waals surface area contributed by atoms with E-state index in [0.717, 1.165) is 17.5 Å². The Hall–Kier alpha value is -0.580. The average Bonchev–Trinajstić information content (AvgIpc) is 2.25. The third-order valence-corrected chi connectivity index (χ3v) is 3.89. The summed E-state index contributed by atoms with van der Waals surface area (Å²) in [5.74, 6) is -0.00807. The topological polar surface area (TPSA) is 43.4 Å². The zero-order valence-corrected chi connectivity index (χ0v) is 10.4. The molecule has 0 saturated heterocycles. The van der Waals surface area contributed by atoms with E-state index in [4.69, 9.17) is 15.4 Å². The second-order valence-electron chi connectivity index (χ2n) is 3.85. The van der Waals surface area contributed by atoms with Crippen LogP contribution in [0, 0.1) is 0 Å². The van der Waals surface area contributed by atoms with Crippen molar-refractivity contribution in [3.8, 4) is 0 Å². The van der Waals surface area contributed by atoms with Gasteiger partial charge < -0.3 is 4.74 Å². The highest BCUT2D eigenvalue weighted by molar-refractivity contribution is 8.13. The molecule has 0 aliphatic carbocycles. The van der Waals surface area contributed by atoms with Crippen LogP contribution < -0.4 is 0 Å². The molecular weight excluding hydrogens is 248 g/mol. The Labute approximate surface area is 99.8 Å². The number of hydrogen-bond acceptors (Lipinski definition) is 3. The molecule has 0 unspecified atom stereocenters. The third kappa shape index (κ3) is 2.97. The third-order valence-electron chi connectivity index (χ3n) is 2.74.